The van der Waals surface area contributed by atoms with Gasteiger partial charge in [0.2, 0.25) is 0 Å². The Bertz CT molecular complexity index is 833. The lowest BCUT2D eigenvalue weighted by molar-refractivity contribution is -0.143. The van der Waals surface area contributed by atoms with Gasteiger partial charge in [-0.2, -0.15) is 0 Å². The lowest BCUT2D eigenvalue weighted by Gasteiger charge is -2.37. The predicted octanol–water partition coefficient (Wildman–Crippen LogP) is 5.02. The van der Waals surface area contributed by atoms with Crippen LogP contribution >= 0.6 is 11.6 Å². The molecule has 1 saturated heterocycles. The zero-order chi connectivity index (χ0) is 20.8. The molecule has 1 heterocycles. The van der Waals surface area contributed by atoms with E-state index in [0.717, 1.165) is 22.6 Å². The number of aliphatic carboxylic acids is 1. The standard InChI is InChI=1S/C23H28ClNO4/c1-3-28-20-9-8-18(15-21(20)29-4-2)22(17-6-5-7-19(24)14-17)25-12-10-16(11-13-25)23(26)27/h5-9,14-16,22H,3-4,10-13H2,1-2H3,(H,26,27). The molecule has 1 atom stereocenters. The van der Waals surface area contributed by atoms with Crippen LogP contribution in [0, 0.1) is 5.92 Å². The maximum absolute atomic E-state index is 11.4. The number of carboxylic acids is 1. The van der Waals surface area contributed by atoms with Crippen LogP contribution in [0.25, 0.3) is 0 Å². The third kappa shape index (κ3) is 5.22. The molecule has 2 aromatic carbocycles. The van der Waals surface area contributed by atoms with Crippen molar-refractivity contribution in [2.24, 2.45) is 5.92 Å². The highest BCUT2D eigenvalue weighted by Gasteiger charge is 2.30. The Labute approximate surface area is 177 Å². The van der Waals surface area contributed by atoms with E-state index >= 15 is 0 Å². The summed E-state index contributed by atoms with van der Waals surface area (Å²) in [5.74, 6) is 0.473. The van der Waals surface area contributed by atoms with Crippen LogP contribution in [-0.2, 0) is 4.79 Å². The van der Waals surface area contributed by atoms with Gasteiger partial charge >= 0.3 is 5.97 Å². The van der Waals surface area contributed by atoms with Gasteiger partial charge < -0.3 is 14.6 Å². The number of hydrogen-bond donors (Lipinski definition) is 1. The molecule has 29 heavy (non-hydrogen) atoms. The number of nitrogens with zero attached hydrogens (tertiary/aromatic N) is 1. The van der Waals surface area contributed by atoms with Crippen LogP contribution in [0.3, 0.4) is 0 Å². The van der Waals surface area contributed by atoms with Crippen molar-refractivity contribution in [2.75, 3.05) is 26.3 Å². The number of benzene rings is 2. The molecule has 1 fully saturated rings. The Hall–Kier alpha value is -2.24. The highest BCUT2D eigenvalue weighted by Crippen LogP contribution is 2.38. The van der Waals surface area contributed by atoms with Crippen LogP contribution in [0.4, 0.5) is 0 Å². The molecule has 0 aromatic heterocycles. The summed E-state index contributed by atoms with van der Waals surface area (Å²) >= 11 is 6.29. The minimum absolute atomic E-state index is 0.0293. The summed E-state index contributed by atoms with van der Waals surface area (Å²) in [6.45, 7) is 6.45. The SMILES string of the molecule is CCOc1ccc(C(c2cccc(Cl)c2)N2CCC(C(=O)O)CC2)cc1OCC. The third-order valence-electron chi connectivity index (χ3n) is 5.29. The van der Waals surface area contributed by atoms with E-state index in [1.807, 2.05) is 44.2 Å². The highest BCUT2D eigenvalue weighted by atomic mass is 35.5. The summed E-state index contributed by atoms with van der Waals surface area (Å²) in [4.78, 5) is 13.7. The van der Waals surface area contributed by atoms with Gasteiger partial charge in [-0.3, -0.25) is 9.69 Å². The molecular weight excluding hydrogens is 390 g/mol. The molecule has 1 aliphatic heterocycles. The van der Waals surface area contributed by atoms with Gasteiger partial charge in [0, 0.05) is 5.02 Å². The van der Waals surface area contributed by atoms with Crippen molar-refractivity contribution in [3.63, 3.8) is 0 Å². The number of rotatable bonds is 8. The number of halogens is 1. The molecule has 1 unspecified atom stereocenters. The van der Waals surface area contributed by atoms with Gasteiger partial charge in [0.05, 0.1) is 25.2 Å². The van der Waals surface area contributed by atoms with E-state index in [1.165, 1.54) is 0 Å². The molecule has 0 amide bonds. The second-order valence-corrected chi connectivity index (χ2v) is 7.61. The van der Waals surface area contributed by atoms with Gasteiger partial charge in [-0.1, -0.05) is 29.8 Å². The average molecular weight is 418 g/mol. The van der Waals surface area contributed by atoms with Crippen LogP contribution in [0.1, 0.15) is 43.9 Å². The quantitative estimate of drug-likeness (QED) is 0.653. The van der Waals surface area contributed by atoms with Crippen LogP contribution < -0.4 is 9.47 Å². The first kappa shape index (κ1) is 21.5. The number of hydrogen-bond acceptors (Lipinski definition) is 4. The van der Waals surface area contributed by atoms with Gasteiger partial charge in [-0.15, -0.1) is 0 Å². The van der Waals surface area contributed by atoms with Gasteiger partial charge in [-0.25, -0.2) is 0 Å². The number of carboxylic acid groups (broad SMARTS) is 1. The first-order valence-electron chi connectivity index (χ1n) is 10.1. The second kappa shape index (κ2) is 9.99. The fraction of sp³-hybridized carbons (Fsp3) is 0.435. The van der Waals surface area contributed by atoms with Crippen LogP contribution in [-0.4, -0.2) is 42.3 Å². The minimum atomic E-state index is -0.705. The van der Waals surface area contributed by atoms with Crippen molar-refractivity contribution >= 4 is 17.6 Å². The van der Waals surface area contributed by atoms with Crippen LogP contribution in [0.5, 0.6) is 11.5 Å². The zero-order valence-corrected chi connectivity index (χ0v) is 17.7. The van der Waals surface area contributed by atoms with Crippen molar-refractivity contribution < 1.29 is 19.4 Å². The summed E-state index contributed by atoms with van der Waals surface area (Å²) in [6.07, 6.45) is 1.28. The second-order valence-electron chi connectivity index (χ2n) is 7.18. The van der Waals surface area contributed by atoms with E-state index < -0.39 is 5.97 Å². The Morgan fingerprint density at radius 3 is 2.34 bits per heavy atom. The molecule has 3 rings (SSSR count). The Morgan fingerprint density at radius 1 is 1.07 bits per heavy atom. The number of likely N-dealkylation sites (tertiary alicyclic amines) is 1. The minimum Gasteiger partial charge on any atom is -0.490 e. The molecule has 2 aromatic rings. The van der Waals surface area contributed by atoms with E-state index in [4.69, 9.17) is 21.1 Å². The molecule has 1 N–H and O–H groups in total. The van der Waals surface area contributed by atoms with E-state index in [-0.39, 0.29) is 12.0 Å². The summed E-state index contributed by atoms with van der Waals surface area (Å²) < 4.78 is 11.5. The first-order chi connectivity index (χ1) is 14.0. The van der Waals surface area contributed by atoms with Crippen molar-refractivity contribution in [1.29, 1.82) is 0 Å². The molecule has 1 aliphatic rings. The monoisotopic (exact) mass is 417 g/mol. The molecule has 0 bridgehead atoms. The van der Waals surface area contributed by atoms with Crippen molar-refractivity contribution in [2.45, 2.75) is 32.7 Å². The van der Waals surface area contributed by atoms with E-state index in [0.29, 0.717) is 44.2 Å². The van der Waals surface area contributed by atoms with Crippen LogP contribution in [0.15, 0.2) is 42.5 Å². The third-order valence-corrected chi connectivity index (χ3v) is 5.53. The van der Waals surface area contributed by atoms with E-state index in [2.05, 4.69) is 17.0 Å². The van der Waals surface area contributed by atoms with Crippen molar-refractivity contribution in [3.05, 3.63) is 58.6 Å². The smallest absolute Gasteiger partial charge is 0.306 e. The molecule has 5 nitrogen and oxygen atoms in total. The van der Waals surface area contributed by atoms with Crippen molar-refractivity contribution in [1.82, 2.24) is 4.90 Å². The van der Waals surface area contributed by atoms with Gasteiger partial charge in [0.15, 0.2) is 11.5 Å². The topological polar surface area (TPSA) is 59.0 Å². The Kier molecular flexibility index (Phi) is 7.40. The fourth-order valence-electron chi connectivity index (χ4n) is 3.93. The molecule has 0 radical (unpaired) electrons. The summed E-state index contributed by atoms with van der Waals surface area (Å²) in [5, 5.41) is 10.0. The largest absolute Gasteiger partial charge is 0.490 e. The number of carbonyl (C=O) groups is 1. The average Bonchev–Trinajstić information content (AvgIpc) is 2.71. The maximum Gasteiger partial charge on any atom is 0.306 e. The summed E-state index contributed by atoms with van der Waals surface area (Å²) in [7, 11) is 0. The molecule has 0 spiro atoms. The lowest BCUT2D eigenvalue weighted by Crippen LogP contribution is -2.39. The fourth-order valence-corrected chi connectivity index (χ4v) is 4.13. The molecule has 156 valence electrons. The van der Waals surface area contributed by atoms with Gasteiger partial charge in [0.25, 0.3) is 0 Å². The zero-order valence-electron chi connectivity index (χ0n) is 16.9. The van der Waals surface area contributed by atoms with E-state index in [1.54, 1.807) is 0 Å². The Morgan fingerprint density at radius 2 is 1.72 bits per heavy atom. The Balaban J connectivity index is 1.97. The van der Waals surface area contributed by atoms with Gasteiger partial charge in [0.1, 0.15) is 0 Å². The normalized spacial score (nSPS) is 16.4. The van der Waals surface area contributed by atoms with Crippen molar-refractivity contribution in [3.8, 4) is 11.5 Å². The number of piperidine rings is 1. The van der Waals surface area contributed by atoms with Gasteiger partial charge in [-0.05, 0) is 75.2 Å². The molecule has 6 heteroatoms. The van der Waals surface area contributed by atoms with Crippen LogP contribution in [0.2, 0.25) is 5.02 Å². The highest BCUT2D eigenvalue weighted by molar-refractivity contribution is 6.30. The summed E-state index contributed by atoms with van der Waals surface area (Å²) in [5.41, 5.74) is 2.16. The maximum atomic E-state index is 11.4. The number of ether oxygens (including phenoxy) is 2. The molecule has 0 aliphatic carbocycles. The molecular formula is C23H28ClNO4. The first-order valence-corrected chi connectivity index (χ1v) is 10.5. The summed E-state index contributed by atoms with van der Waals surface area (Å²) in [6, 6.07) is 13.9. The molecule has 0 saturated carbocycles. The lowest BCUT2D eigenvalue weighted by atomic mass is 9.91. The van der Waals surface area contributed by atoms with E-state index in [9.17, 15) is 9.90 Å². The predicted molar refractivity (Wildman–Crippen MR) is 114 cm³/mol.